The number of carbonyl (C=O) groups excluding carboxylic acids is 1. The molecular formula is C21H20Cl2N2O2. The predicted molar refractivity (Wildman–Crippen MR) is 109 cm³/mol. The third-order valence-corrected chi connectivity index (χ3v) is 5.62. The first kappa shape index (κ1) is 18.5. The molecule has 1 aliphatic carbocycles. The van der Waals surface area contributed by atoms with Gasteiger partial charge in [-0.15, -0.1) is 0 Å². The van der Waals surface area contributed by atoms with E-state index in [1.54, 1.807) is 24.3 Å². The van der Waals surface area contributed by atoms with Crippen molar-refractivity contribution in [3.8, 4) is 0 Å². The fourth-order valence-corrected chi connectivity index (χ4v) is 4.23. The lowest BCUT2D eigenvalue weighted by Crippen LogP contribution is -2.42. The minimum absolute atomic E-state index is 0.306. The van der Waals surface area contributed by atoms with Gasteiger partial charge in [0.25, 0.3) is 5.91 Å². The molecule has 2 N–H and O–H groups in total. The van der Waals surface area contributed by atoms with E-state index < -0.39 is 12.0 Å². The van der Waals surface area contributed by atoms with Crippen molar-refractivity contribution < 1.29 is 9.90 Å². The van der Waals surface area contributed by atoms with Crippen molar-refractivity contribution in [3.63, 3.8) is 0 Å². The number of rotatable bonds is 4. The minimum atomic E-state index is -1.09. The van der Waals surface area contributed by atoms with Gasteiger partial charge in [-0.05, 0) is 65.4 Å². The average molecular weight is 403 g/mol. The molecule has 0 bridgehead atoms. The van der Waals surface area contributed by atoms with Gasteiger partial charge in [-0.3, -0.25) is 9.69 Å². The van der Waals surface area contributed by atoms with E-state index in [4.69, 9.17) is 23.2 Å². The summed E-state index contributed by atoms with van der Waals surface area (Å²) in [6.07, 6.45) is 0.735. The monoisotopic (exact) mass is 402 g/mol. The first-order chi connectivity index (χ1) is 13.0. The van der Waals surface area contributed by atoms with E-state index in [0.29, 0.717) is 17.3 Å². The number of amides is 1. The second-order valence-corrected chi connectivity index (χ2v) is 7.93. The first-order valence-corrected chi connectivity index (χ1v) is 9.72. The zero-order chi connectivity index (χ0) is 19.0. The van der Waals surface area contributed by atoms with Gasteiger partial charge < -0.3 is 10.4 Å². The van der Waals surface area contributed by atoms with Gasteiger partial charge in [0.05, 0.1) is 0 Å². The molecule has 4 nitrogen and oxygen atoms in total. The molecule has 1 heterocycles. The summed E-state index contributed by atoms with van der Waals surface area (Å²) in [5.74, 6) is -0.418. The molecule has 4 rings (SSSR count). The fraction of sp³-hybridized carbons (Fsp3) is 0.286. The second-order valence-electron chi connectivity index (χ2n) is 7.06. The molecule has 2 aliphatic rings. The highest BCUT2D eigenvalue weighted by Gasteiger charge is 2.29. The Bertz CT molecular complexity index is 926. The highest BCUT2D eigenvalue weighted by Crippen LogP contribution is 2.39. The molecular weight excluding hydrogens is 383 g/mol. The number of aliphatic hydroxyl groups is 1. The SMILES string of the molecule is O=C(Nc1cccc(Cl)c1)C(O)CN1CCC2=C(Cc3ccc(Cl)cc32)C1. The van der Waals surface area contributed by atoms with Crippen LogP contribution in [-0.4, -0.2) is 41.7 Å². The van der Waals surface area contributed by atoms with Crippen LogP contribution in [0.15, 0.2) is 48.0 Å². The molecule has 1 unspecified atom stereocenters. The number of hydrogen-bond acceptors (Lipinski definition) is 3. The second kappa shape index (κ2) is 7.64. The Labute approximate surface area is 168 Å². The van der Waals surface area contributed by atoms with E-state index in [2.05, 4.69) is 16.3 Å². The Morgan fingerprint density at radius 2 is 2.00 bits per heavy atom. The van der Waals surface area contributed by atoms with Crippen LogP contribution < -0.4 is 5.32 Å². The van der Waals surface area contributed by atoms with Gasteiger partial charge in [-0.1, -0.05) is 35.3 Å². The van der Waals surface area contributed by atoms with Gasteiger partial charge in [0.2, 0.25) is 0 Å². The zero-order valence-corrected chi connectivity index (χ0v) is 16.2. The topological polar surface area (TPSA) is 52.6 Å². The Hall–Kier alpha value is -1.85. The molecule has 140 valence electrons. The highest BCUT2D eigenvalue weighted by molar-refractivity contribution is 6.31. The van der Waals surface area contributed by atoms with Gasteiger partial charge in [-0.2, -0.15) is 0 Å². The largest absolute Gasteiger partial charge is 0.382 e. The molecule has 0 aromatic heterocycles. The Morgan fingerprint density at radius 3 is 2.81 bits per heavy atom. The summed E-state index contributed by atoms with van der Waals surface area (Å²) in [4.78, 5) is 14.4. The van der Waals surface area contributed by atoms with Crippen molar-refractivity contribution in [1.29, 1.82) is 0 Å². The normalized spacial score (nSPS) is 17.4. The van der Waals surface area contributed by atoms with Gasteiger partial charge in [0, 0.05) is 35.4 Å². The number of nitrogens with one attached hydrogen (secondary N) is 1. The van der Waals surface area contributed by atoms with Crippen LogP contribution in [0.4, 0.5) is 5.69 Å². The molecule has 0 fully saturated rings. The number of benzene rings is 2. The van der Waals surface area contributed by atoms with E-state index in [-0.39, 0.29) is 0 Å². The number of aliphatic hydroxyl groups excluding tert-OH is 1. The number of anilines is 1. The smallest absolute Gasteiger partial charge is 0.254 e. The number of nitrogens with zero attached hydrogens (tertiary/aromatic N) is 1. The molecule has 2 aromatic carbocycles. The zero-order valence-electron chi connectivity index (χ0n) is 14.7. The minimum Gasteiger partial charge on any atom is -0.382 e. The van der Waals surface area contributed by atoms with E-state index in [0.717, 1.165) is 31.0 Å². The highest BCUT2D eigenvalue weighted by atomic mass is 35.5. The lowest BCUT2D eigenvalue weighted by molar-refractivity contribution is -0.124. The Balaban J connectivity index is 1.37. The Morgan fingerprint density at radius 1 is 1.19 bits per heavy atom. The number of β-amino-alcohol motifs (C(OH)–C–C–N with tert-alkyl or cyclic N) is 1. The molecule has 0 radical (unpaired) electrons. The maximum Gasteiger partial charge on any atom is 0.254 e. The molecule has 0 spiro atoms. The molecule has 2 aromatic rings. The summed E-state index contributed by atoms with van der Waals surface area (Å²) >= 11 is 12.1. The van der Waals surface area contributed by atoms with Gasteiger partial charge >= 0.3 is 0 Å². The molecule has 1 aliphatic heterocycles. The van der Waals surface area contributed by atoms with Crippen LogP contribution in [0, 0.1) is 0 Å². The van der Waals surface area contributed by atoms with Crippen LogP contribution in [-0.2, 0) is 11.2 Å². The van der Waals surface area contributed by atoms with Gasteiger partial charge in [0.15, 0.2) is 0 Å². The lowest BCUT2D eigenvalue weighted by atomic mass is 9.99. The molecule has 0 saturated heterocycles. The third kappa shape index (κ3) is 4.04. The molecule has 1 atom stereocenters. The predicted octanol–water partition coefficient (Wildman–Crippen LogP) is 4.01. The quantitative estimate of drug-likeness (QED) is 0.811. The van der Waals surface area contributed by atoms with Crippen LogP contribution in [0.5, 0.6) is 0 Å². The van der Waals surface area contributed by atoms with Gasteiger partial charge in [-0.25, -0.2) is 0 Å². The van der Waals surface area contributed by atoms with Crippen molar-refractivity contribution in [3.05, 3.63) is 69.2 Å². The number of fused-ring (bicyclic) bond motifs is 2. The maximum absolute atomic E-state index is 12.3. The molecule has 1 amide bonds. The number of halogens is 2. The summed E-state index contributed by atoms with van der Waals surface area (Å²) < 4.78 is 0. The Kier molecular flexibility index (Phi) is 5.24. The first-order valence-electron chi connectivity index (χ1n) is 8.96. The van der Waals surface area contributed by atoms with Crippen molar-refractivity contribution in [2.24, 2.45) is 0 Å². The molecule has 0 saturated carbocycles. The standard InChI is InChI=1S/C21H20Cl2N2O2/c22-15-2-1-3-17(9-15)24-21(27)20(26)12-25-7-6-18-14(11-25)8-13-4-5-16(23)10-19(13)18/h1-5,9-10,20,26H,6-8,11-12H2,(H,24,27). The number of hydrogen-bond donors (Lipinski definition) is 2. The summed E-state index contributed by atoms with van der Waals surface area (Å²) in [7, 11) is 0. The van der Waals surface area contributed by atoms with Crippen molar-refractivity contribution in [2.75, 3.05) is 25.0 Å². The summed E-state index contributed by atoms with van der Waals surface area (Å²) in [5.41, 5.74) is 5.89. The van der Waals surface area contributed by atoms with E-state index in [1.165, 1.54) is 22.3 Å². The summed E-state index contributed by atoms with van der Waals surface area (Å²) in [5, 5.41) is 14.3. The third-order valence-electron chi connectivity index (χ3n) is 5.15. The molecule has 27 heavy (non-hydrogen) atoms. The van der Waals surface area contributed by atoms with Crippen LogP contribution in [0.25, 0.3) is 5.57 Å². The fourth-order valence-electron chi connectivity index (χ4n) is 3.87. The summed E-state index contributed by atoms with van der Waals surface area (Å²) in [6.45, 7) is 1.88. The van der Waals surface area contributed by atoms with E-state index in [9.17, 15) is 9.90 Å². The summed E-state index contributed by atoms with van der Waals surface area (Å²) in [6, 6.07) is 13.0. The molecule has 6 heteroatoms. The van der Waals surface area contributed by atoms with Crippen LogP contribution in [0.1, 0.15) is 17.5 Å². The average Bonchev–Trinajstić information content (AvgIpc) is 2.98. The van der Waals surface area contributed by atoms with Crippen LogP contribution >= 0.6 is 23.2 Å². The van der Waals surface area contributed by atoms with Crippen LogP contribution in [0.2, 0.25) is 10.0 Å². The van der Waals surface area contributed by atoms with Gasteiger partial charge in [0.1, 0.15) is 6.10 Å². The van der Waals surface area contributed by atoms with E-state index in [1.807, 2.05) is 12.1 Å². The van der Waals surface area contributed by atoms with E-state index >= 15 is 0 Å². The van der Waals surface area contributed by atoms with Crippen molar-refractivity contribution in [1.82, 2.24) is 4.90 Å². The number of carbonyl (C=O) groups is 1. The maximum atomic E-state index is 12.3. The van der Waals surface area contributed by atoms with Crippen molar-refractivity contribution >= 4 is 40.4 Å². The lowest BCUT2D eigenvalue weighted by Gasteiger charge is -2.30. The van der Waals surface area contributed by atoms with Crippen LogP contribution in [0.3, 0.4) is 0 Å². The van der Waals surface area contributed by atoms with Crippen molar-refractivity contribution in [2.45, 2.75) is 18.9 Å².